The van der Waals surface area contributed by atoms with Crippen molar-refractivity contribution in [2.24, 2.45) is 0 Å². The minimum Gasteiger partial charge on any atom is -0.494 e. The highest BCUT2D eigenvalue weighted by Gasteiger charge is 2.05. The van der Waals surface area contributed by atoms with E-state index in [1.54, 1.807) is 0 Å². The van der Waals surface area contributed by atoms with Gasteiger partial charge in [-0.1, -0.05) is 17.7 Å². The number of hydrogen-bond donors (Lipinski definition) is 1. The highest BCUT2D eigenvalue weighted by Crippen LogP contribution is 2.23. The molecule has 0 aliphatic heterocycles. The SMILES string of the molecule is CCOc1ccc(-c2cn(-c3ccc(C)cc3)c(=S)[nH]2)cc1. The van der Waals surface area contributed by atoms with Gasteiger partial charge in [0.1, 0.15) is 5.75 Å². The van der Waals surface area contributed by atoms with Crippen LogP contribution < -0.4 is 4.74 Å². The normalized spacial score (nSPS) is 10.6. The molecule has 0 bridgehead atoms. The van der Waals surface area contributed by atoms with Gasteiger partial charge in [-0.3, -0.25) is 4.57 Å². The van der Waals surface area contributed by atoms with E-state index in [9.17, 15) is 0 Å². The third-order valence-corrected chi connectivity index (χ3v) is 3.81. The van der Waals surface area contributed by atoms with E-state index in [1.165, 1.54) is 5.56 Å². The molecule has 0 aliphatic carbocycles. The van der Waals surface area contributed by atoms with Gasteiger partial charge in [0.05, 0.1) is 12.3 Å². The van der Waals surface area contributed by atoms with Crippen LogP contribution in [-0.4, -0.2) is 16.2 Å². The number of ether oxygens (including phenoxy) is 1. The molecule has 0 spiro atoms. The highest BCUT2D eigenvalue weighted by atomic mass is 32.1. The molecule has 22 heavy (non-hydrogen) atoms. The first kappa shape index (κ1) is 14.6. The standard InChI is InChI=1S/C18H18N2OS/c1-3-21-16-10-6-14(7-11-16)17-12-20(18(22)19-17)15-8-4-13(2)5-9-15/h4-12H,3H2,1-2H3,(H,19,22). The molecule has 0 radical (unpaired) electrons. The third kappa shape index (κ3) is 2.97. The molecule has 1 aromatic heterocycles. The van der Waals surface area contributed by atoms with Crippen LogP contribution in [-0.2, 0) is 0 Å². The summed E-state index contributed by atoms with van der Waals surface area (Å²) in [6, 6.07) is 16.3. The first-order chi connectivity index (χ1) is 10.7. The predicted octanol–water partition coefficient (Wildman–Crippen LogP) is 4.91. The molecule has 112 valence electrons. The van der Waals surface area contributed by atoms with Gasteiger partial charge >= 0.3 is 0 Å². The summed E-state index contributed by atoms with van der Waals surface area (Å²) in [7, 11) is 0. The number of hydrogen-bond acceptors (Lipinski definition) is 2. The van der Waals surface area contributed by atoms with Gasteiger partial charge in [-0.05, 0) is 68.0 Å². The Kier molecular flexibility index (Phi) is 4.11. The highest BCUT2D eigenvalue weighted by molar-refractivity contribution is 7.71. The molecule has 0 amide bonds. The minimum absolute atomic E-state index is 0.672. The fraction of sp³-hybridized carbons (Fsp3) is 0.167. The van der Waals surface area contributed by atoms with Gasteiger partial charge in [-0.2, -0.15) is 0 Å². The number of nitrogens with zero attached hydrogens (tertiary/aromatic N) is 1. The summed E-state index contributed by atoms with van der Waals surface area (Å²) in [6.07, 6.45) is 2.03. The summed E-state index contributed by atoms with van der Waals surface area (Å²) in [5.41, 5.74) is 4.37. The van der Waals surface area contributed by atoms with E-state index in [-0.39, 0.29) is 0 Å². The Labute approximate surface area is 135 Å². The van der Waals surface area contributed by atoms with E-state index in [0.717, 1.165) is 22.7 Å². The topological polar surface area (TPSA) is 29.9 Å². The van der Waals surface area contributed by atoms with Crippen molar-refractivity contribution in [3.05, 3.63) is 65.1 Å². The molecule has 0 saturated heterocycles. The largest absolute Gasteiger partial charge is 0.494 e. The monoisotopic (exact) mass is 310 g/mol. The van der Waals surface area contributed by atoms with Crippen molar-refractivity contribution in [1.29, 1.82) is 0 Å². The van der Waals surface area contributed by atoms with Crippen molar-refractivity contribution in [2.45, 2.75) is 13.8 Å². The zero-order valence-corrected chi connectivity index (χ0v) is 13.5. The maximum atomic E-state index is 5.47. The minimum atomic E-state index is 0.672. The molecule has 4 heteroatoms. The lowest BCUT2D eigenvalue weighted by atomic mass is 10.1. The van der Waals surface area contributed by atoms with Crippen LogP contribution in [0.15, 0.2) is 54.7 Å². The van der Waals surface area contributed by atoms with Crippen LogP contribution in [0.4, 0.5) is 0 Å². The maximum Gasteiger partial charge on any atom is 0.182 e. The molecule has 0 atom stereocenters. The molecule has 1 heterocycles. The third-order valence-electron chi connectivity index (χ3n) is 3.51. The Morgan fingerprint density at radius 2 is 1.73 bits per heavy atom. The number of aromatic amines is 1. The van der Waals surface area contributed by atoms with Gasteiger partial charge in [0.2, 0.25) is 0 Å². The van der Waals surface area contributed by atoms with Gasteiger partial charge in [-0.15, -0.1) is 0 Å². The second kappa shape index (κ2) is 6.20. The van der Waals surface area contributed by atoms with Gasteiger partial charge in [0.15, 0.2) is 4.77 Å². The van der Waals surface area contributed by atoms with Crippen molar-refractivity contribution in [3.8, 4) is 22.7 Å². The summed E-state index contributed by atoms with van der Waals surface area (Å²) in [5.74, 6) is 0.878. The average molecular weight is 310 g/mol. The number of rotatable bonds is 4. The van der Waals surface area contributed by atoms with E-state index in [1.807, 2.05) is 42.0 Å². The molecular weight excluding hydrogens is 292 g/mol. The van der Waals surface area contributed by atoms with Crippen molar-refractivity contribution in [2.75, 3.05) is 6.61 Å². The van der Waals surface area contributed by atoms with Gasteiger partial charge in [0.25, 0.3) is 0 Å². The van der Waals surface area contributed by atoms with Gasteiger partial charge in [0, 0.05) is 11.9 Å². The van der Waals surface area contributed by atoms with Crippen LogP contribution >= 0.6 is 12.2 Å². The molecule has 3 nitrogen and oxygen atoms in total. The first-order valence-corrected chi connectivity index (χ1v) is 7.70. The lowest BCUT2D eigenvalue weighted by Crippen LogP contribution is -1.91. The first-order valence-electron chi connectivity index (χ1n) is 7.29. The van der Waals surface area contributed by atoms with E-state index >= 15 is 0 Å². The number of benzene rings is 2. The summed E-state index contributed by atoms with van der Waals surface area (Å²) in [4.78, 5) is 3.26. The summed E-state index contributed by atoms with van der Waals surface area (Å²) < 4.78 is 8.14. The second-order valence-corrected chi connectivity index (χ2v) is 5.52. The molecule has 0 fully saturated rings. The van der Waals surface area contributed by atoms with Crippen LogP contribution in [0.1, 0.15) is 12.5 Å². The Balaban J connectivity index is 1.94. The molecular formula is C18H18N2OS. The zero-order chi connectivity index (χ0) is 15.5. The zero-order valence-electron chi connectivity index (χ0n) is 12.7. The number of aromatic nitrogens is 2. The maximum absolute atomic E-state index is 5.47. The quantitative estimate of drug-likeness (QED) is 0.694. The Bertz CT molecular complexity index is 814. The summed E-state index contributed by atoms with van der Waals surface area (Å²) in [5, 5.41) is 0. The molecule has 3 rings (SSSR count). The van der Waals surface area contributed by atoms with Crippen molar-refractivity contribution < 1.29 is 4.74 Å². The molecule has 0 aliphatic rings. The van der Waals surface area contributed by atoms with Gasteiger partial charge in [-0.25, -0.2) is 0 Å². The van der Waals surface area contributed by atoms with Crippen molar-refractivity contribution >= 4 is 12.2 Å². The molecule has 2 aromatic carbocycles. The van der Waals surface area contributed by atoms with E-state index in [2.05, 4.69) is 36.2 Å². The Hall–Kier alpha value is -2.33. The fourth-order valence-corrected chi connectivity index (χ4v) is 2.60. The van der Waals surface area contributed by atoms with Crippen molar-refractivity contribution in [3.63, 3.8) is 0 Å². The van der Waals surface area contributed by atoms with Crippen LogP contribution in [0, 0.1) is 11.7 Å². The number of aryl methyl sites for hydroxylation is 1. The van der Waals surface area contributed by atoms with E-state index in [4.69, 9.17) is 17.0 Å². The number of H-pyrrole nitrogens is 1. The predicted molar refractivity (Wildman–Crippen MR) is 92.3 cm³/mol. The van der Waals surface area contributed by atoms with E-state index < -0.39 is 0 Å². The number of nitrogens with one attached hydrogen (secondary N) is 1. The summed E-state index contributed by atoms with van der Waals surface area (Å²) in [6.45, 7) is 4.73. The second-order valence-electron chi connectivity index (χ2n) is 5.14. The molecule has 1 N–H and O–H groups in total. The van der Waals surface area contributed by atoms with Crippen LogP contribution in [0.5, 0.6) is 5.75 Å². The molecule has 3 aromatic rings. The van der Waals surface area contributed by atoms with Gasteiger partial charge < -0.3 is 9.72 Å². The lowest BCUT2D eigenvalue weighted by Gasteiger charge is -2.04. The molecule has 0 saturated carbocycles. The average Bonchev–Trinajstić information content (AvgIpc) is 2.91. The Morgan fingerprint density at radius 1 is 1.05 bits per heavy atom. The smallest absolute Gasteiger partial charge is 0.182 e. The van der Waals surface area contributed by atoms with Crippen LogP contribution in [0.25, 0.3) is 16.9 Å². The van der Waals surface area contributed by atoms with Crippen LogP contribution in [0.3, 0.4) is 0 Å². The summed E-state index contributed by atoms with van der Waals surface area (Å²) >= 11 is 5.44. The van der Waals surface area contributed by atoms with Crippen LogP contribution in [0.2, 0.25) is 0 Å². The van der Waals surface area contributed by atoms with E-state index in [0.29, 0.717) is 11.4 Å². The lowest BCUT2D eigenvalue weighted by molar-refractivity contribution is 0.340. The fourth-order valence-electron chi connectivity index (χ4n) is 2.34. The molecule has 0 unspecified atom stereocenters. The Morgan fingerprint density at radius 3 is 2.36 bits per heavy atom. The van der Waals surface area contributed by atoms with Crippen molar-refractivity contribution in [1.82, 2.24) is 9.55 Å². The number of imidazole rings is 1.